The van der Waals surface area contributed by atoms with Crippen molar-refractivity contribution in [2.45, 2.75) is 57.5 Å². The first-order valence-electron chi connectivity index (χ1n) is 14.5. The highest BCUT2D eigenvalue weighted by molar-refractivity contribution is 5.88. The van der Waals surface area contributed by atoms with Gasteiger partial charge in [-0.2, -0.15) is 0 Å². The molecular formula is C36H36O4. The van der Waals surface area contributed by atoms with Gasteiger partial charge in [-0.1, -0.05) is 73.7 Å². The van der Waals surface area contributed by atoms with Gasteiger partial charge in [0.05, 0.1) is 0 Å². The van der Waals surface area contributed by atoms with Crippen LogP contribution in [0.15, 0.2) is 91.0 Å². The van der Waals surface area contributed by atoms with E-state index in [1.54, 1.807) is 12.2 Å². The summed E-state index contributed by atoms with van der Waals surface area (Å²) in [6, 6.07) is 25.8. The van der Waals surface area contributed by atoms with Gasteiger partial charge in [-0.3, -0.25) is 0 Å². The smallest absolute Gasteiger partial charge is 0.336 e. The molecule has 0 spiro atoms. The van der Waals surface area contributed by atoms with Crippen molar-refractivity contribution in [2.24, 2.45) is 17.3 Å². The van der Waals surface area contributed by atoms with Crippen LogP contribution in [-0.2, 0) is 20.7 Å². The Morgan fingerprint density at radius 2 is 1.48 bits per heavy atom. The second kappa shape index (κ2) is 11.3. The fourth-order valence-electron chi connectivity index (χ4n) is 7.55. The molecular weight excluding hydrogens is 496 g/mol. The molecule has 0 aromatic heterocycles. The van der Waals surface area contributed by atoms with E-state index in [1.165, 1.54) is 17.2 Å². The van der Waals surface area contributed by atoms with E-state index in [1.807, 2.05) is 72.8 Å². The zero-order valence-electron chi connectivity index (χ0n) is 23.0. The topological polar surface area (TPSA) is 52.6 Å². The highest BCUT2D eigenvalue weighted by Crippen LogP contribution is 2.61. The molecule has 0 unspecified atom stereocenters. The van der Waals surface area contributed by atoms with Crippen LogP contribution >= 0.6 is 0 Å². The number of rotatable bonds is 6. The van der Waals surface area contributed by atoms with Gasteiger partial charge < -0.3 is 9.47 Å². The van der Waals surface area contributed by atoms with Crippen LogP contribution in [0.3, 0.4) is 0 Å². The largest absolute Gasteiger partial charge is 0.459 e. The first-order chi connectivity index (χ1) is 19.5. The van der Waals surface area contributed by atoms with Gasteiger partial charge in [0.15, 0.2) is 0 Å². The third-order valence-electron chi connectivity index (χ3n) is 9.51. The van der Waals surface area contributed by atoms with E-state index in [0.717, 1.165) is 49.7 Å². The van der Waals surface area contributed by atoms with Crippen molar-refractivity contribution in [2.75, 3.05) is 0 Å². The van der Waals surface area contributed by atoms with Gasteiger partial charge >= 0.3 is 11.9 Å². The molecule has 2 saturated carbocycles. The molecule has 204 valence electrons. The normalized spacial score (nSPS) is 27.1. The Balaban J connectivity index is 1.10. The number of ether oxygens (including phenoxy) is 2. The maximum Gasteiger partial charge on any atom is 0.336 e. The van der Waals surface area contributed by atoms with Crippen LogP contribution in [0.5, 0.6) is 5.75 Å². The van der Waals surface area contributed by atoms with Gasteiger partial charge in [-0.25, -0.2) is 9.59 Å². The predicted molar refractivity (Wildman–Crippen MR) is 158 cm³/mol. The Morgan fingerprint density at radius 1 is 0.800 bits per heavy atom. The summed E-state index contributed by atoms with van der Waals surface area (Å²) in [5, 5.41) is 0. The van der Waals surface area contributed by atoms with E-state index < -0.39 is 0 Å². The minimum atomic E-state index is -0.365. The third-order valence-corrected chi connectivity index (χ3v) is 9.51. The first-order valence-corrected chi connectivity index (χ1v) is 14.5. The van der Waals surface area contributed by atoms with Crippen molar-refractivity contribution in [1.29, 1.82) is 0 Å². The van der Waals surface area contributed by atoms with Gasteiger partial charge in [0.2, 0.25) is 0 Å². The van der Waals surface area contributed by atoms with E-state index in [0.29, 0.717) is 23.5 Å². The third kappa shape index (κ3) is 5.40. The molecule has 0 amide bonds. The molecule has 0 aliphatic heterocycles. The van der Waals surface area contributed by atoms with Gasteiger partial charge in [-0.05, 0) is 103 Å². The molecule has 0 saturated heterocycles. The first kappa shape index (κ1) is 26.3. The van der Waals surface area contributed by atoms with Gasteiger partial charge in [0.1, 0.15) is 11.9 Å². The van der Waals surface area contributed by atoms with Crippen molar-refractivity contribution >= 4 is 24.1 Å². The molecule has 3 aromatic carbocycles. The molecule has 0 heterocycles. The van der Waals surface area contributed by atoms with Crippen molar-refractivity contribution in [3.63, 3.8) is 0 Å². The summed E-state index contributed by atoms with van der Waals surface area (Å²) in [4.78, 5) is 25.1. The fourth-order valence-corrected chi connectivity index (χ4v) is 7.55. The second-order valence-electron chi connectivity index (χ2n) is 11.7. The Bertz CT molecular complexity index is 1420. The molecule has 4 heteroatoms. The van der Waals surface area contributed by atoms with Crippen molar-refractivity contribution < 1.29 is 19.1 Å². The maximum atomic E-state index is 12.7. The van der Waals surface area contributed by atoms with Crippen LogP contribution in [0.4, 0.5) is 0 Å². The Labute approximate surface area is 236 Å². The van der Waals surface area contributed by atoms with Crippen LogP contribution in [0.25, 0.3) is 12.2 Å². The number of hydrogen-bond acceptors (Lipinski definition) is 4. The fraction of sp³-hybridized carbons (Fsp3) is 0.333. The number of benzene rings is 3. The van der Waals surface area contributed by atoms with Crippen LogP contribution in [0, 0.1) is 17.3 Å². The lowest BCUT2D eigenvalue weighted by Crippen LogP contribution is -2.45. The minimum absolute atomic E-state index is 0.0233. The number of fused-ring (bicyclic) bond motifs is 5. The lowest BCUT2D eigenvalue weighted by Gasteiger charge is -2.50. The van der Waals surface area contributed by atoms with E-state index >= 15 is 0 Å². The zero-order chi connectivity index (χ0) is 27.5. The van der Waals surface area contributed by atoms with Crippen molar-refractivity contribution in [1.82, 2.24) is 0 Å². The molecule has 3 aliphatic carbocycles. The van der Waals surface area contributed by atoms with Crippen LogP contribution in [0.2, 0.25) is 0 Å². The van der Waals surface area contributed by atoms with Crippen LogP contribution in [0.1, 0.15) is 67.2 Å². The van der Waals surface area contributed by atoms with E-state index in [2.05, 4.69) is 19.1 Å². The second-order valence-corrected chi connectivity index (χ2v) is 11.7. The molecule has 0 bridgehead atoms. The van der Waals surface area contributed by atoms with Gasteiger partial charge in [0.25, 0.3) is 0 Å². The zero-order valence-corrected chi connectivity index (χ0v) is 23.0. The summed E-state index contributed by atoms with van der Waals surface area (Å²) in [6.45, 7) is 2.35. The van der Waals surface area contributed by atoms with Gasteiger partial charge in [0, 0.05) is 17.6 Å². The molecule has 40 heavy (non-hydrogen) atoms. The summed E-state index contributed by atoms with van der Waals surface area (Å²) in [7, 11) is 0. The molecule has 6 rings (SSSR count). The van der Waals surface area contributed by atoms with E-state index in [-0.39, 0.29) is 23.5 Å². The number of esters is 2. The molecule has 5 atom stereocenters. The number of aryl methyl sites for hydroxylation is 1. The Kier molecular flexibility index (Phi) is 7.42. The summed E-state index contributed by atoms with van der Waals surface area (Å²) in [6.07, 6.45) is 12.9. The summed E-state index contributed by atoms with van der Waals surface area (Å²) >= 11 is 0. The van der Waals surface area contributed by atoms with E-state index in [4.69, 9.17) is 9.47 Å². The molecule has 0 N–H and O–H groups in total. The molecule has 4 nitrogen and oxygen atoms in total. The van der Waals surface area contributed by atoms with Crippen molar-refractivity contribution in [3.05, 3.63) is 113 Å². The average Bonchev–Trinajstić information content (AvgIpc) is 3.31. The van der Waals surface area contributed by atoms with E-state index in [9.17, 15) is 9.59 Å². The number of carbonyl (C=O) groups excluding carboxylic acids is 2. The quantitative estimate of drug-likeness (QED) is 0.185. The van der Waals surface area contributed by atoms with Gasteiger partial charge in [-0.15, -0.1) is 0 Å². The monoisotopic (exact) mass is 532 g/mol. The highest BCUT2D eigenvalue weighted by atomic mass is 16.5. The minimum Gasteiger partial charge on any atom is -0.459 e. The summed E-state index contributed by atoms with van der Waals surface area (Å²) in [5.74, 6) is 1.66. The predicted octanol–water partition coefficient (Wildman–Crippen LogP) is 7.79. The summed E-state index contributed by atoms with van der Waals surface area (Å²) < 4.78 is 11.7. The highest BCUT2D eigenvalue weighted by Gasteiger charge is 2.56. The number of hydrogen-bond donors (Lipinski definition) is 0. The lowest BCUT2D eigenvalue weighted by atomic mass is 9.55. The SMILES string of the molecule is C[C@]12CC[C@@H]3c4ccc(OC(=O)/C=C/c5ccccc5)cc4CC[C@@H]3[C@@H]1CC[C@H]2OC(=O)/C=C/c1ccccc1. The molecule has 3 aliphatic rings. The Morgan fingerprint density at radius 3 is 2.17 bits per heavy atom. The lowest BCUT2D eigenvalue weighted by molar-refractivity contribution is -0.151. The standard InChI is InChI=1S/C36H36O4/c1-36-23-22-30-29-17-15-28(39-34(37)20-12-25-8-4-2-5-9-25)24-27(29)14-16-31(30)32(36)18-19-33(36)40-35(38)21-13-26-10-6-3-7-11-26/h2-13,15,17,20-21,24,30-33H,14,16,18-19,22-23H2,1H3/b20-12+,21-13+/t30-,31+,32+,33-,36+/m1/s1. The van der Waals surface area contributed by atoms with Crippen LogP contribution < -0.4 is 4.74 Å². The van der Waals surface area contributed by atoms with Crippen LogP contribution in [-0.4, -0.2) is 18.0 Å². The maximum absolute atomic E-state index is 12.7. The average molecular weight is 533 g/mol. The molecule has 0 radical (unpaired) electrons. The summed E-state index contributed by atoms with van der Waals surface area (Å²) in [5.41, 5.74) is 4.69. The van der Waals surface area contributed by atoms with Crippen molar-refractivity contribution in [3.8, 4) is 5.75 Å². The number of carbonyl (C=O) groups is 2. The molecule has 3 aromatic rings. The Hall–Kier alpha value is -3.92. The molecule has 2 fully saturated rings.